The zero-order chi connectivity index (χ0) is 32.8. The monoisotopic (exact) mass is 699 g/mol. The number of nitrogens with one attached hydrogen (secondary N) is 2. The molecular weight excluding hydrogens is 668 g/mol. The molecule has 246 valence electrons. The second-order valence-electron chi connectivity index (χ2n) is 11.5. The summed E-state index contributed by atoms with van der Waals surface area (Å²) in [6, 6.07) is 4.93. The van der Waals surface area contributed by atoms with Crippen LogP contribution in [0, 0.1) is 5.82 Å². The van der Waals surface area contributed by atoms with E-state index >= 15 is 4.39 Å². The number of nitrogens with two attached hydrogens (primary N) is 1. The highest BCUT2D eigenvalue weighted by atomic mass is 32.2. The lowest BCUT2D eigenvalue weighted by molar-refractivity contribution is -0.675. The topological polar surface area (TPSA) is 166 Å². The second-order valence-corrected chi connectivity index (χ2v) is 14.5. The van der Waals surface area contributed by atoms with Gasteiger partial charge in [-0.2, -0.15) is 4.57 Å². The number of rotatable bonds is 10. The van der Waals surface area contributed by atoms with Crippen LogP contribution in [0.5, 0.6) is 0 Å². The first-order chi connectivity index (χ1) is 22.7. The van der Waals surface area contributed by atoms with Gasteiger partial charge in [0.2, 0.25) is 5.52 Å². The predicted octanol–water partition coefficient (Wildman–Crippen LogP) is 1.93. The number of thiazole rings is 1. The Bertz CT molecular complexity index is 1840. The number of aliphatic carboxylic acids is 1. The summed E-state index contributed by atoms with van der Waals surface area (Å²) in [4.78, 5) is 51.9. The first kappa shape index (κ1) is 31.7. The summed E-state index contributed by atoms with van der Waals surface area (Å²) in [7, 11) is 1.28. The zero-order valence-electron chi connectivity index (χ0n) is 25.3. The van der Waals surface area contributed by atoms with Gasteiger partial charge < -0.3 is 31.2 Å². The van der Waals surface area contributed by atoms with E-state index in [4.69, 9.17) is 10.6 Å². The van der Waals surface area contributed by atoms with Crippen LogP contribution in [0.1, 0.15) is 24.6 Å². The minimum atomic E-state index is -1.22. The van der Waals surface area contributed by atoms with E-state index in [2.05, 4.69) is 30.2 Å². The van der Waals surface area contributed by atoms with Crippen molar-refractivity contribution in [2.24, 2.45) is 5.16 Å². The molecule has 2 saturated heterocycles. The molecule has 2 aromatic heterocycles. The van der Waals surface area contributed by atoms with Crippen molar-refractivity contribution < 1.29 is 33.3 Å². The van der Waals surface area contributed by atoms with Crippen LogP contribution >= 0.6 is 34.9 Å². The predicted molar refractivity (Wildman–Crippen MR) is 178 cm³/mol. The van der Waals surface area contributed by atoms with Gasteiger partial charge >= 0.3 is 5.97 Å². The van der Waals surface area contributed by atoms with Gasteiger partial charge in [-0.1, -0.05) is 5.16 Å². The standard InChI is InChI=1S/C30H31FN8O5S3/c1-44-36-23(19-14-47-30(32)34-19)26(40)35-24-27(41)39-25(29(42)43)15(13-46-28(24)39)12-45-22-4-7-38(16-2-3-16)20-11-21(18(31)10-17(20)22)37-8-5-33-6-9-37/h4,7,10-11,14,16,24,28,33H,2-3,5-6,8-9,12-13H2,1H3,(H3-,32,34,35,40,42,43)/p+1/b36-23-/t24?,28-/m1/s1. The van der Waals surface area contributed by atoms with Gasteiger partial charge in [0, 0.05) is 72.9 Å². The zero-order valence-corrected chi connectivity index (χ0v) is 27.7. The van der Waals surface area contributed by atoms with E-state index in [1.807, 2.05) is 18.3 Å². The molecule has 5 heterocycles. The van der Waals surface area contributed by atoms with Crippen molar-refractivity contribution in [3.05, 3.63) is 52.6 Å². The SMILES string of the molecule is CO/N=C(\C(=O)NC1C(=O)N2C(C(=O)O)=C(CSc3cc[n+](C4CC4)c4cc(N5CCNCC5)c(F)cc34)CS[C@H]12)c1csc(N)n1. The van der Waals surface area contributed by atoms with E-state index in [9.17, 15) is 19.5 Å². The van der Waals surface area contributed by atoms with Gasteiger partial charge in [0.25, 0.3) is 11.8 Å². The Morgan fingerprint density at radius 1 is 1.32 bits per heavy atom. The van der Waals surface area contributed by atoms with E-state index in [1.54, 1.807) is 11.4 Å². The molecule has 1 unspecified atom stereocenters. The average molecular weight is 700 g/mol. The first-order valence-corrected chi connectivity index (χ1v) is 18.0. The number of carbonyl (C=O) groups excluding carboxylic acids is 2. The summed E-state index contributed by atoms with van der Waals surface area (Å²) in [6.45, 7) is 3.06. The molecule has 0 radical (unpaired) electrons. The quantitative estimate of drug-likeness (QED) is 0.0803. The van der Waals surface area contributed by atoms with Crippen LogP contribution in [-0.2, 0) is 19.2 Å². The molecule has 0 bridgehead atoms. The molecule has 1 aromatic carbocycles. The highest BCUT2D eigenvalue weighted by Crippen LogP contribution is 2.43. The number of halogens is 1. The van der Waals surface area contributed by atoms with Gasteiger partial charge in [0.05, 0.1) is 11.1 Å². The van der Waals surface area contributed by atoms with Gasteiger partial charge in [-0.05, 0) is 11.6 Å². The van der Waals surface area contributed by atoms with Crippen molar-refractivity contribution in [1.82, 2.24) is 20.5 Å². The maximum atomic E-state index is 15.6. The molecule has 47 heavy (non-hydrogen) atoms. The number of piperazine rings is 1. The summed E-state index contributed by atoms with van der Waals surface area (Å²) in [5.41, 5.74) is 7.79. The number of hydrogen-bond donors (Lipinski definition) is 4. The number of hydrogen-bond acceptors (Lipinski definition) is 12. The maximum Gasteiger partial charge on any atom is 0.352 e. The number of nitrogens with zero attached hydrogens (tertiary/aromatic N) is 5. The molecule has 2 amide bonds. The molecule has 1 saturated carbocycles. The third-order valence-electron chi connectivity index (χ3n) is 8.49. The van der Waals surface area contributed by atoms with Gasteiger partial charge in [-0.15, -0.1) is 34.9 Å². The Morgan fingerprint density at radius 3 is 2.79 bits per heavy atom. The Balaban J connectivity index is 1.11. The number of carboxylic acids is 1. The van der Waals surface area contributed by atoms with Gasteiger partial charge in [-0.25, -0.2) is 14.2 Å². The van der Waals surface area contributed by atoms with Crippen LogP contribution in [0.2, 0.25) is 0 Å². The van der Waals surface area contributed by atoms with Crippen LogP contribution < -0.4 is 25.8 Å². The minimum absolute atomic E-state index is 0.0877. The Labute approximate surface area is 281 Å². The molecule has 7 rings (SSSR count). The fraction of sp³-hybridized carbons (Fsp3) is 0.400. The highest BCUT2D eigenvalue weighted by Gasteiger charge is 2.54. The number of fused-ring (bicyclic) bond motifs is 2. The molecule has 2 atom stereocenters. The van der Waals surface area contributed by atoms with Crippen molar-refractivity contribution in [3.63, 3.8) is 0 Å². The van der Waals surface area contributed by atoms with Gasteiger partial charge in [0.1, 0.15) is 35.7 Å². The molecule has 3 aliphatic heterocycles. The number of amides is 2. The fourth-order valence-electron chi connectivity index (χ4n) is 6.09. The summed E-state index contributed by atoms with van der Waals surface area (Å²) < 4.78 is 17.8. The molecular formula is C30H32FN8O5S3+. The van der Waals surface area contributed by atoms with Crippen molar-refractivity contribution >= 4 is 80.1 Å². The number of β-lactam (4-membered cyclic amide) rings is 1. The van der Waals surface area contributed by atoms with Gasteiger partial charge in [0.15, 0.2) is 23.1 Å². The molecule has 3 aromatic rings. The highest BCUT2D eigenvalue weighted by molar-refractivity contribution is 8.01. The van der Waals surface area contributed by atoms with E-state index < -0.39 is 29.2 Å². The van der Waals surface area contributed by atoms with Crippen molar-refractivity contribution in [2.75, 3.05) is 55.4 Å². The molecule has 1 aliphatic carbocycles. The Hall–Kier alpha value is -3.93. The molecule has 5 N–H and O–H groups in total. The van der Waals surface area contributed by atoms with Gasteiger partial charge in [-0.3, -0.25) is 14.5 Å². The number of pyridine rings is 1. The third-order valence-corrected chi connectivity index (χ3v) is 11.7. The number of thioether (sulfide) groups is 2. The second kappa shape index (κ2) is 12.9. The first-order valence-electron chi connectivity index (χ1n) is 15.0. The van der Waals surface area contributed by atoms with Crippen LogP contribution in [0.3, 0.4) is 0 Å². The van der Waals surface area contributed by atoms with Crippen LogP contribution in [0.25, 0.3) is 10.9 Å². The lowest BCUT2D eigenvalue weighted by Crippen LogP contribution is -2.71. The summed E-state index contributed by atoms with van der Waals surface area (Å²) in [5, 5.41) is 21.9. The number of nitrogen functional groups attached to an aromatic ring is 1. The van der Waals surface area contributed by atoms with Crippen molar-refractivity contribution in [1.29, 1.82) is 0 Å². The normalized spacial score (nSPS) is 21.5. The van der Waals surface area contributed by atoms with Crippen molar-refractivity contribution in [2.45, 2.75) is 35.2 Å². The van der Waals surface area contributed by atoms with Crippen LogP contribution in [0.15, 0.2) is 51.1 Å². The summed E-state index contributed by atoms with van der Waals surface area (Å²) >= 11 is 3.92. The number of anilines is 2. The Morgan fingerprint density at radius 2 is 2.11 bits per heavy atom. The van der Waals surface area contributed by atoms with Crippen molar-refractivity contribution in [3.8, 4) is 0 Å². The number of aromatic nitrogens is 2. The third kappa shape index (κ3) is 6.00. The summed E-state index contributed by atoms with van der Waals surface area (Å²) in [5.74, 6) is -2.10. The number of carboxylic acid groups (broad SMARTS) is 1. The molecule has 17 heteroatoms. The van der Waals surface area contributed by atoms with E-state index in [0.717, 1.165) is 66.2 Å². The maximum absolute atomic E-state index is 15.6. The van der Waals surface area contributed by atoms with Crippen LogP contribution in [-0.4, -0.2) is 94.7 Å². The van der Waals surface area contributed by atoms with E-state index in [-0.39, 0.29) is 28.1 Å². The molecule has 0 spiro atoms. The number of carbonyl (C=O) groups is 3. The number of benzene rings is 1. The smallest absolute Gasteiger partial charge is 0.352 e. The lowest BCUT2D eigenvalue weighted by atomic mass is 10.0. The molecule has 13 nitrogen and oxygen atoms in total. The van der Waals surface area contributed by atoms with E-state index in [0.29, 0.717) is 28.8 Å². The molecule has 3 fully saturated rings. The Kier molecular flexibility index (Phi) is 8.71. The fourth-order valence-corrected chi connectivity index (χ4v) is 9.15. The average Bonchev–Trinajstić information content (AvgIpc) is 3.83. The largest absolute Gasteiger partial charge is 0.477 e. The minimum Gasteiger partial charge on any atom is -0.477 e. The lowest BCUT2D eigenvalue weighted by Gasteiger charge is -2.49. The molecule has 4 aliphatic rings. The summed E-state index contributed by atoms with van der Waals surface area (Å²) in [6.07, 6.45) is 4.18. The number of oxime groups is 1. The van der Waals surface area contributed by atoms with E-state index in [1.165, 1.54) is 35.5 Å². The van der Waals surface area contributed by atoms with Crippen LogP contribution in [0.4, 0.5) is 15.2 Å².